The van der Waals surface area contributed by atoms with Gasteiger partial charge in [-0.2, -0.15) is 11.8 Å². The van der Waals surface area contributed by atoms with Crippen LogP contribution in [0, 0.1) is 17.8 Å². The van der Waals surface area contributed by atoms with Crippen molar-refractivity contribution in [1.82, 2.24) is 4.90 Å². The van der Waals surface area contributed by atoms with Gasteiger partial charge in [0.25, 0.3) is 0 Å². The first kappa shape index (κ1) is 17.6. The van der Waals surface area contributed by atoms with Gasteiger partial charge in [0.1, 0.15) is 5.37 Å². The predicted molar refractivity (Wildman–Crippen MR) is 89.2 cm³/mol. The molecule has 1 saturated heterocycles. The molecular formula is C15H29NO3S2. The molecule has 2 rings (SSSR count). The number of thioether (sulfide) groups is 1. The predicted octanol–water partition coefficient (Wildman–Crippen LogP) is 1.84. The summed E-state index contributed by atoms with van der Waals surface area (Å²) in [7, 11) is -3.05. The van der Waals surface area contributed by atoms with Crippen molar-refractivity contribution in [3.8, 4) is 0 Å². The first-order valence-corrected chi connectivity index (χ1v) is 11.1. The van der Waals surface area contributed by atoms with Crippen LogP contribution in [0.25, 0.3) is 0 Å². The van der Waals surface area contributed by atoms with Gasteiger partial charge in [-0.05, 0) is 37.0 Å². The van der Waals surface area contributed by atoms with Crippen LogP contribution >= 0.6 is 11.8 Å². The Morgan fingerprint density at radius 3 is 2.67 bits per heavy atom. The van der Waals surface area contributed by atoms with Crippen LogP contribution in [0.2, 0.25) is 0 Å². The number of hydrogen-bond acceptors (Lipinski definition) is 5. The molecule has 0 aromatic rings. The monoisotopic (exact) mass is 335 g/mol. The molecule has 0 radical (unpaired) electrons. The van der Waals surface area contributed by atoms with E-state index < -0.39 is 9.84 Å². The van der Waals surface area contributed by atoms with Crippen LogP contribution in [0.3, 0.4) is 0 Å². The van der Waals surface area contributed by atoms with Crippen LogP contribution in [0.5, 0.6) is 0 Å². The molecule has 0 aromatic heterocycles. The van der Waals surface area contributed by atoms with Gasteiger partial charge in [-0.3, -0.25) is 4.90 Å². The highest BCUT2D eigenvalue weighted by molar-refractivity contribution is 8.00. The SMILES string of the molecule is CC(C)C1CCC(O)C(CN2CCSCC2S(C)(=O)=O)C1. The second kappa shape index (κ2) is 7.20. The third-order valence-corrected chi connectivity index (χ3v) is 7.77. The van der Waals surface area contributed by atoms with Crippen LogP contribution in [0.1, 0.15) is 33.1 Å². The second-order valence-electron chi connectivity index (χ2n) is 7.00. The Labute approximate surface area is 133 Å². The molecule has 4 nitrogen and oxygen atoms in total. The third-order valence-electron chi connectivity index (χ3n) is 5.08. The van der Waals surface area contributed by atoms with Gasteiger partial charge >= 0.3 is 0 Å². The molecule has 1 aliphatic heterocycles. The zero-order valence-electron chi connectivity index (χ0n) is 13.4. The second-order valence-corrected chi connectivity index (χ2v) is 10.4. The maximum atomic E-state index is 12.0. The standard InChI is InChI=1S/C15H29NO3S2/c1-11(2)12-4-5-14(17)13(8-12)9-16-6-7-20-10-15(16)21(3,18)19/h11-15,17H,4-10H2,1-3H3. The average molecular weight is 336 g/mol. The van der Waals surface area contributed by atoms with Gasteiger partial charge in [-0.1, -0.05) is 13.8 Å². The quantitative estimate of drug-likeness (QED) is 0.849. The molecule has 6 heteroatoms. The van der Waals surface area contributed by atoms with E-state index in [1.54, 1.807) is 11.8 Å². The number of nitrogens with zero attached hydrogens (tertiary/aromatic N) is 1. The van der Waals surface area contributed by atoms with E-state index in [1.807, 2.05) is 0 Å². The summed E-state index contributed by atoms with van der Waals surface area (Å²) < 4.78 is 23.9. The molecule has 0 bridgehead atoms. The molecule has 1 aliphatic carbocycles. The van der Waals surface area contributed by atoms with Crippen molar-refractivity contribution in [2.45, 2.75) is 44.6 Å². The summed E-state index contributed by atoms with van der Waals surface area (Å²) in [5.41, 5.74) is 0. The van der Waals surface area contributed by atoms with Crippen LogP contribution in [-0.4, -0.2) is 60.8 Å². The summed E-state index contributed by atoms with van der Waals surface area (Å²) in [4.78, 5) is 2.10. The van der Waals surface area contributed by atoms with Crippen molar-refractivity contribution in [2.24, 2.45) is 17.8 Å². The van der Waals surface area contributed by atoms with E-state index in [2.05, 4.69) is 18.7 Å². The zero-order valence-corrected chi connectivity index (χ0v) is 15.0. The fraction of sp³-hybridized carbons (Fsp3) is 1.00. The number of aliphatic hydroxyl groups is 1. The Morgan fingerprint density at radius 1 is 1.33 bits per heavy atom. The van der Waals surface area contributed by atoms with Gasteiger partial charge < -0.3 is 5.11 Å². The Hall–Kier alpha value is 0.220. The van der Waals surface area contributed by atoms with Crippen LogP contribution in [0.4, 0.5) is 0 Å². The van der Waals surface area contributed by atoms with E-state index in [4.69, 9.17) is 0 Å². The molecule has 1 heterocycles. The van der Waals surface area contributed by atoms with E-state index in [-0.39, 0.29) is 17.4 Å². The first-order chi connectivity index (χ1) is 9.79. The largest absolute Gasteiger partial charge is 0.393 e. The van der Waals surface area contributed by atoms with Crippen molar-refractivity contribution < 1.29 is 13.5 Å². The normalized spacial score (nSPS) is 36.0. The maximum Gasteiger partial charge on any atom is 0.164 e. The lowest BCUT2D eigenvalue weighted by molar-refractivity contribution is 0.0178. The molecule has 2 fully saturated rings. The van der Waals surface area contributed by atoms with E-state index in [0.717, 1.165) is 38.1 Å². The molecule has 1 saturated carbocycles. The van der Waals surface area contributed by atoms with Gasteiger partial charge in [-0.15, -0.1) is 0 Å². The van der Waals surface area contributed by atoms with Gasteiger partial charge in [0, 0.05) is 30.9 Å². The number of rotatable bonds is 4. The van der Waals surface area contributed by atoms with Crippen molar-refractivity contribution in [1.29, 1.82) is 0 Å². The summed E-state index contributed by atoms with van der Waals surface area (Å²) in [6.45, 7) is 6.03. The minimum absolute atomic E-state index is 0.221. The van der Waals surface area contributed by atoms with Crippen molar-refractivity contribution in [3.05, 3.63) is 0 Å². The van der Waals surface area contributed by atoms with Crippen LogP contribution < -0.4 is 0 Å². The van der Waals surface area contributed by atoms with Crippen LogP contribution in [0.15, 0.2) is 0 Å². The molecule has 21 heavy (non-hydrogen) atoms. The lowest BCUT2D eigenvalue weighted by atomic mass is 9.74. The van der Waals surface area contributed by atoms with E-state index in [1.165, 1.54) is 6.26 Å². The molecule has 0 amide bonds. The Morgan fingerprint density at radius 2 is 2.05 bits per heavy atom. The Kier molecular flexibility index (Phi) is 6.02. The minimum Gasteiger partial charge on any atom is -0.393 e. The van der Waals surface area contributed by atoms with E-state index in [9.17, 15) is 13.5 Å². The lowest BCUT2D eigenvalue weighted by Crippen LogP contribution is -2.50. The summed E-state index contributed by atoms with van der Waals surface area (Å²) in [5.74, 6) is 3.17. The van der Waals surface area contributed by atoms with Crippen LogP contribution in [-0.2, 0) is 9.84 Å². The molecule has 124 valence electrons. The first-order valence-electron chi connectivity index (χ1n) is 7.97. The molecule has 4 unspecified atom stereocenters. The lowest BCUT2D eigenvalue weighted by Gasteiger charge is -2.41. The molecular weight excluding hydrogens is 306 g/mol. The van der Waals surface area contributed by atoms with Crippen molar-refractivity contribution >= 4 is 21.6 Å². The fourth-order valence-electron chi connectivity index (χ4n) is 3.61. The van der Waals surface area contributed by atoms with Gasteiger partial charge in [0.05, 0.1) is 6.10 Å². The summed E-state index contributed by atoms with van der Waals surface area (Å²) >= 11 is 1.72. The fourth-order valence-corrected chi connectivity index (χ4v) is 6.56. The maximum absolute atomic E-state index is 12.0. The average Bonchev–Trinajstić information content (AvgIpc) is 2.40. The molecule has 4 atom stereocenters. The Balaban J connectivity index is 2.03. The summed E-state index contributed by atoms with van der Waals surface area (Å²) in [6, 6.07) is 0. The number of sulfone groups is 1. The van der Waals surface area contributed by atoms with Crippen molar-refractivity contribution in [3.63, 3.8) is 0 Å². The van der Waals surface area contributed by atoms with E-state index in [0.29, 0.717) is 17.6 Å². The molecule has 0 aromatic carbocycles. The Bertz CT molecular complexity index is 438. The van der Waals surface area contributed by atoms with Gasteiger partial charge in [0.15, 0.2) is 9.84 Å². The molecule has 1 N–H and O–H groups in total. The number of aliphatic hydroxyl groups excluding tert-OH is 1. The van der Waals surface area contributed by atoms with Crippen molar-refractivity contribution in [2.75, 3.05) is 30.9 Å². The highest BCUT2D eigenvalue weighted by atomic mass is 32.2. The van der Waals surface area contributed by atoms with E-state index >= 15 is 0 Å². The highest BCUT2D eigenvalue weighted by Gasteiger charge is 2.36. The molecule has 0 spiro atoms. The number of hydrogen-bond donors (Lipinski definition) is 1. The smallest absolute Gasteiger partial charge is 0.164 e. The highest BCUT2D eigenvalue weighted by Crippen LogP contribution is 2.35. The summed E-state index contributed by atoms with van der Waals surface area (Å²) in [5, 5.41) is 9.93. The van der Waals surface area contributed by atoms with Gasteiger partial charge in [0.2, 0.25) is 0 Å². The zero-order chi connectivity index (χ0) is 15.6. The summed E-state index contributed by atoms with van der Waals surface area (Å²) in [6.07, 6.45) is 4.05. The minimum atomic E-state index is -3.05. The topological polar surface area (TPSA) is 57.6 Å². The third kappa shape index (κ3) is 4.60. The molecule has 2 aliphatic rings. The van der Waals surface area contributed by atoms with Gasteiger partial charge in [-0.25, -0.2) is 8.42 Å².